The summed E-state index contributed by atoms with van der Waals surface area (Å²) < 4.78 is 0. The van der Waals surface area contributed by atoms with Crippen molar-refractivity contribution in [2.75, 3.05) is 0 Å². The molecule has 0 aromatic carbocycles. The third-order valence-corrected chi connectivity index (χ3v) is 12.6. The van der Waals surface area contributed by atoms with Gasteiger partial charge in [-0.3, -0.25) is 0 Å². The highest BCUT2D eigenvalue weighted by Gasteiger charge is 2.36. The van der Waals surface area contributed by atoms with E-state index in [0.29, 0.717) is 0 Å². The molecule has 12 heavy (non-hydrogen) atoms. The minimum absolute atomic E-state index is 0.881. The van der Waals surface area contributed by atoms with E-state index in [-0.39, 0.29) is 0 Å². The molecule has 0 heterocycles. The molecule has 0 rings (SSSR count). The second kappa shape index (κ2) is 4.10. The van der Waals surface area contributed by atoms with Crippen LogP contribution in [0.4, 0.5) is 0 Å². The highest BCUT2D eigenvalue weighted by molar-refractivity contribution is 6.96. The van der Waals surface area contributed by atoms with Gasteiger partial charge < -0.3 is 0 Å². The Bertz CT molecular complexity index is 114. The molecular weight excluding hydrogens is 176 g/mol. The molecule has 0 radical (unpaired) electrons. The third-order valence-electron chi connectivity index (χ3n) is 2.67. The molecule has 74 valence electrons. The molecule has 0 unspecified atom stereocenters. The molecule has 2 heteroatoms. The Morgan fingerprint density at radius 1 is 0.833 bits per heavy atom. The molecule has 0 atom stereocenters. The largest absolute Gasteiger partial charge is 0.0696 e. The molecule has 0 aliphatic rings. The summed E-state index contributed by atoms with van der Waals surface area (Å²) in [6, 6.07) is 0. The predicted octanol–water partition coefficient (Wildman–Crippen LogP) is 4.37. The summed E-state index contributed by atoms with van der Waals surface area (Å²) >= 11 is 0. The van der Waals surface area contributed by atoms with E-state index in [2.05, 4.69) is 46.2 Å². The Kier molecular flexibility index (Phi) is 4.24. The van der Waals surface area contributed by atoms with Crippen LogP contribution < -0.4 is 0 Å². The van der Waals surface area contributed by atoms with Gasteiger partial charge in [0.25, 0.3) is 0 Å². The van der Waals surface area contributed by atoms with Crippen molar-refractivity contribution in [2.45, 2.75) is 64.2 Å². The highest BCUT2D eigenvalue weighted by Crippen LogP contribution is 2.35. The molecule has 0 saturated carbocycles. The van der Waals surface area contributed by atoms with Crippen molar-refractivity contribution >= 4 is 16.1 Å². The van der Waals surface area contributed by atoms with E-state index in [0.717, 1.165) is 5.16 Å². The van der Waals surface area contributed by atoms with E-state index >= 15 is 0 Å². The number of rotatable bonds is 4. The quantitative estimate of drug-likeness (QED) is 0.594. The predicted molar refractivity (Wildman–Crippen MR) is 65.4 cm³/mol. The summed E-state index contributed by atoms with van der Waals surface area (Å²) in [6.45, 7) is 17.5. The molecule has 0 aliphatic heterocycles. The van der Waals surface area contributed by atoms with Gasteiger partial charge in [-0.25, -0.2) is 0 Å². The van der Waals surface area contributed by atoms with Gasteiger partial charge in [-0.15, -0.1) is 0 Å². The zero-order valence-corrected chi connectivity index (χ0v) is 12.0. The van der Waals surface area contributed by atoms with Crippen LogP contribution in [-0.4, -0.2) is 16.1 Å². The van der Waals surface area contributed by atoms with Gasteiger partial charge in [0.15, 0.2) is 0 Å². The topological polar surface area (TPSA) is 0 Å². The van der Waals surface area contributed by atoms with Crippen LogP contribution in [-0.2, 0) is 0 Å². The van der Waals surface area contributed by atoms with Gasteiger partial charge in [0.2, 0.25) is 0 Å². The molecule has 0 fully saturated rings. The lowest BCUT2D eigenvalue weighted by Gasteiger charge is -2.38. The number of hydrogen-bond acceptors (Lipinski definition) is 0. The summed E-state index contributed by atoms with van der Waals surface area (Å²) in [6.07, 6.45) is 2.85. The Balaban J connectivity index is 4.45. The van der Waals surface area contributed by atoms with E-state index < -0.39 is 16.1 Å². The summed E-state index contributed by atoms with van der Waals surface area (Å²) in [5.74, 6) is 0. The van der Waals surface area contributed by atoms with Gasteiger partial charge in [-0.1, -0.05) is 64.2 Å². The summed E-state index contributed by atoms with van der Waals surface area (Å²) in [4.78, 5) is 0. The van der Waals surface area contributed by atoms with E-state index in [1.807, 2.05) is 0 Å². The summed E-state index contributed by atoms with van der Waals surface area (Å²) in [5, 5.41) is 1.11. The summed E-state index contributed by atoms with van der Waals surface area (Å²) in [5.41, 5.74) is 0. The third kappa shape index (κ3) is 3.90. The average molecular weight is 202 g/mol. The average Bonchev–Trinajstić information content (AvgIpc) is 1.77. The van der Waals surface area contributed by atoms with Crippen LogP contribution in [0.15, 0.2) is 0 Å². The van der Waals surface area contributed by atoms with Crippen molar-refractivity contribution in [3.05, 3.63) is 0 Å². The molecule has 0 nitrogen and oxygen atoms in total. The van der Waals surface area contributed by atoms with Gasteiger partial charge in [-0.05, 0) is 0 Å². The first-order valence-electron chi connectivity index (χ1n) is 5.19. The van der Waals surface area contributed by atoms with E-state index in [1.165, 1.54) is 12.8 Å². The van der Waals surface area contributed by atoms with Crippen molar-refractivity contribution in [1.82, 2.24) is 0 Å². The van der Waals surface area contributed by atoms with Crippen molar-refractivity contribution in [3.63, 3.8) is 0 Å². The Morgan fingerprint density at radius 3 is 1.25 bits per heavy atom. The molecule has 0 amide bonds. The molecule has 0 spiro atoms. The fraction of sp³-hybridized carbons (Fsp3) is 1.00. The van der Waals surface area contributed by atoms with Gasteiger partial charge in [-0.2, -0.15) is 0 Å². The Labute approximate surface area is 80.8 Å². The highest BCUT2D eigenvalue weighted by atomic mass is 28.4. The minimum atomic E-state index is -0.881. The first-order valence-corrected chi connectivity index (χ1v) is 12.3. The normalized spacial score (nSPS) is 14.0. The molecule has 0 bridgehead atoms. The molecule has 0 saturated heterocycles. The van der Waals surface area contributed by atoms with Gasteiger partial charge >= 0.3 is 0 Å². The van der Waals surface area contributed by atoms with Crippen LogP contribution in [0.1, 0.15) is 19.8 Å². The van der Waals surface area contributed by atoms with Gasteiger partial charge in [0.1, 0.15) is 0 Å². The zero-order valence-electron chi connectivity index (χ0n) is 9.99. The van der Waals surface area contributed by atoms with Crippen molar-refractivity contribution in [2.24, 2.45) is 0 Å². The summed E-state index contributed by atoms with van der Waals surface area (Å²) in [7, 11) is -1.76. The van der Waals surface area contributed by atoms with Crippen LogP contribution in [0.2, 0.25) is 44.4 Å². The fourth-order valence-electron chi connectivity index (χ4n) is 2.45. The maximum atomic E-state index is 2.53. The monoisotopic (exact) mass is 202 g/mol. The fourth-order valence-corrected chi connectivity index (χ4v) is 15.2. The van der Waals surface area contributed by atoms with Crippen molar-refractivity contribution in [3.8, 4) is 0 Å². The van der Waals surface area contributed by atoms with Crippen LogP contribution in [0, 0.1) is 0 Å². The lowest BCUT2D eigenvalue weighted by Crippen LogP contribution is -2.43. The molecule has 0 N–H and O–H groups in total. The lowest BCUT2D eigenvalue weighted by molar-refractivity contribution is 0.814. The second-order valence-corrected chi connectivity index (χ2v) is 17.5. The SMILES string of the molecule is CCCC([Si](C)(C)C)[Si](C)(C)C. The maximum Gasteiger partial charge on any atom is 0.0447 e. The molecule has 0 aliphatic carbocycles. The second-order valence-electron chi connectivity index (χ2n) is 6.07. The van der Waals surface area contributed by atoms with Crippen LogP contribution in [0.25, 0.3) is 0 Å². The van der Waals surface area contributed by atoms with Crippen molar-refractivity contribution < 1.29 is 0 Å². The smallest absolute Gasteiger partial charge is 0.0447 e. The van der Waals surface area contributed by atoms with Crippen molar-refractivity contribution in [1.29, 1.82) is 0 Å². The number of hydrogen-bond donors (Lipinski definition) is 0. The zero-order chi connectivity index (χ0) is 9.99. The maximum absolute atomic E-state index is 2.53. The van der Waals surface area contributed by atoms with E-state index in [1.54, 1.807) is 0 Å². The van der Waals surface area contributed by atoms with E-state index in [9.17, 15) is 0 Å². The van der Waals surface area contributed by atoms with Gasteiger partial charge in [0, 0.05) is 16.1 Å². The molecule has 0 aromatic rings. The Morgan fingerprint density at radius 2 is 1.17 bits per heavy atom. The first-order chi connectivity index (χ1) is 5.19. The Hall–Kier alpha value is 0.434. The minimum Gasteiger partial charge on any atom is -0.0696 e. The standard InChI is InChI=1S/C10H26Si2/c1-8-9-10(11(2,3)4)12(5,6)7/h10H,8-9H2,1-7H3. The lowest BCUT2D eigenvalue weighted by atomic mass is 10.4. The molecule has 0 aromatic heterocycles. The van der Waals surface area contributed by atoms with Crippen LogP contribution in [0.5, 0.6) is 0 Å². The van der Waals surface area contributed by atoms with Gasteiger partial charge in [0.05, 0.1) is 0 Å². The van der Waals surface area contributed by atoms with Crippen LogP contribution in [0.3, 0.4) is 0 Å². The van der Waals surface area contributed by atoms with E-state index in [4.69, 9.17) is 0 Å². The molecular formula is C10H26Si2. The van der Waals surface area contributed by atoms with Crippen LogP contribution >= 0.6 is 0 Å². The first kappa shape index (κ1) is 12.4.